The molecule has 0 aliphatic carbocycles. The first-order valence-electron chi connectivity index (χ1n) is 6.77. The molecule has 1 aromatic rings. The van der Waals surface area contributed by atoms with Gasteiger partial charge >= 0.3 is 5.97 Å². The van der Waals surface area contributed by atoms with Gasteiger partial charge in [0.15, 0.2) is 0 Å². The molecule has 5 nitrogen and oxygen atoms in total. The van der Waals surface area contributed by atoms with Crippen LogP contribution in [0, 0.1) is 0 Å². The minimum atomic E-state index is -0.379. The molecule has 110 valence electrons. The molecule has 1 aromatic carbocycles. The molecule has 0 radical (unpaired) electrons. The predicted molar refractivity (Wildman–Crippen MR) is 77.0 cm³/mol. The summed E-state index contributed by atoms with van der Waals surface area (Å²) in [5, 5.41) is 3.13. The van der Waals surface area contributed by atoms with Crippen molar-refractivity contribution in [3.05, 3.63) is 35.9 Å². The van der Waals surface area contributed by atoms with Crippen LogP contribution in [0.2, 0.25) is 0 Å². The zero-order chi connectivity index (χ0) is 14.8. The van der Waals surface area contributed by atoms with Crippen LogP contribution in [0.5, 0.6) is 0 Å². The molecule has 0 aliphatic rings. The first kappa shape index (κ1) is 16.2. The highest BCUT2D eigenvalue weighted by molar-refractivity contribution is 5.80. The van der Waals surface area contributed by atoms with Crippen molar-refractivity contribution in [2.45, 2.75) is 31.7 Å². The maximum atomic E-state index is 11.4. The van der Waals surface area contributed by atoms with Gasteiger partial charge in [0, 0.05) is 6.42 Å². The standard InChI is InChI=1S/C15H22N2O3/c1-20-14(18)9-5-6-10-17-13(15(16)19)11-12-7-3-2-4-8-12/h2-4,7-8,13,17H,5-6,9-11H2,1H3,(H2,16,19)/t13-/m0/s1. The third-order valence-electron chi connectivity index (χ3n) is 3.05. The molecule has 0 aromatic heterocycles. The molecular weight excluding hydrogens is 256 g/mol. The average molecular weight is 278 g/mol. The van der Waals surface area contributed by atoms with Crippen LogP contribution in [0.25, 0.3) is 0 Å². The number of unbranched alkanes of at least 4 members (excludes halogenated alkanes) is 1. The third kappa shape index (κ3) is 6.33. The van der Waals surface area contributed by atoms with Gasteiger partial charge in [-0.25, -0.2) is 0 Å². The van der Waals surface area contributed by atoms with E-state index in [-0.39, 0.29) is 17.9 Å². The highest BCUT2D eigenvalue weighted by atomic mass is 16.5. The van der Waals surface area contributed by atoms with Gasteiger partial charge in [-0.2, -0.15) is 0 Å². The maximum absolute atomic E-state index is 11.4. The van der Waals surface area contributed by atoms with Crippen molar-refractivity contribution in [2.24, 2.45) is 5.73 Å². The molecule has 0 unspecified atom stereocenters. The average Bonchev–Trinajstić information content (AvgIpc) is 2.46. The van der Waals surface area contributed by atoms with Crippen LogP contribution in [-0.2, 0) is 20.7 Å². The number of benzene rings is 1. The second-order valence-corrected chi connectivity index (χ2v) is 4.63. The molecule has 0 heterocycles. The number of methoxy groups -OCH3 is 1. The molecule has 0 spiro atoms. The van der Waals surface area contributed by atoms with Crippen molar-refractivity contribution >= 4 is 11.9 Å². The zero-order valence-electron chi connectivity index (χ0n) is 11.8. The van der Waals surface area contributed by atoms with E-state index in [0.29, 0.717) is 19.4 Å². The van der Waals surface area contributed by atoms with E-state index in [1.54, 1.807) is 0 Å². The summed E-state index contributed by atoms with van der Waals surface area (Å²) in [4.78, 5) is 22.3. The van der Waals surface area contributed by atoms with Gasteiger partial charge in [0.1, 0.15) is 0 Å². The third-order valence-corrected chi connectivity index (χ3v) is 3.05. The lowest BCUT2D eigenvalue weighted by molar-refractivity contribution is -0.140. The first-order valence-corrected chi connectivity index (χ1v) is 6.77. The fourth-order valence-corrected chi connectivity index (χ4v) is 1.90. The molecule has 0 bridgehead atoms. The number of rotatable bonds is 9. The molecule has 1 rings (SSSR count). The molecule has 5 heteroatoms. The van der Waals surface area contributed by atoms with Crippen LogP contribution in [0.1, 0.15) is 24.8 Å². The summed E-state index contributed by atoms with van der Waals surface area (Å²) in [5.74, 6) is -0.567. The maximum Gasteiger partial charge on any atom is 0.305 e. The number of esters is 1. The Morgan fingerprint density at radius 3 is 2.55 bits per heavy atom. The van der Waals surface area contributed by atoms with E-state index in [1.165, 1.54) is 7.11 Å². The summed E-state index contributed by atoms with van der Waals surface area (Å²) in [7, 11) is 1.38. The molecule has 0 saturated carbocycles. The Balaban J connectivity index is 2.30. The minimum absolute atomic E-state index is 0.208. The molecule has 0 fully saturated rings. The van der Waals surface area contributed by atoms with E-state index in [1.807, 2.05) is 30.3 Å². The van der Waals surface area contributed by atoms with Crippen molar-refractivity contribution < 1.29 is 14.3 Å². The van der Waals surface area contributed by atoms with Crippen molar-refractivity contribution in [1.82, 2.24) is 5.32 Å². The van der Waals surface area contributed by atoms with E-state index in [2.05, 4.69) is 10.1 Å². The number of primary amides is 1. The number of carbonyl (C=O) groups is 2. The summed E-state index contributed by atoms with van der Waals surface area (Å²) < 4.78 is 4.56. The predicted octanol–water partition coefficient (Wildman–Crippen LogP) is 1.02. The van der Waals surface area contributed by atoms with E-state index in [4.69, 9.17) is 5.73 Å². The highest BCUT2D eigenvalue weighted by Crippen LogP contribution is 2.03. The first-order chi connectivity index (χ1) is 9.63. The molecule has 1 atom stereocenters. The van der Waals surface area contributed by atoms with E-state index >= 15 is 0 Å². The zero-order valence-corrected chi connectivity index (χ0v) is 11.8. The Labute approximate surface area is 119 Å². The molecule has 3 N–H and O–H groups in total. The van der Waals surface area contributed by atoms with Gasteiger partial charge in [-0.3, -0.25) is 9.59 Å². The second kappa shape index (κ2) is 9.09. The summed E-state index contributed by atoms with van der Waals surface area (Å²) >= 11 is 0. The highest BCUT2D eigenvalue weighted by Gasteiger charge is 2.14. The van der Waals surface area contributed by atoms with Crippen LogP contribution in [0.4, 0.5) is 0 Å². The topological polar surface area (TPSA) is 81.4 Å². The number of amides is 1. The second-order valence-electron chi connectivity index (χ2n) is 4.63. The van der Waals surface area contributed by atoms with Crippen molar-refractivity contribution in [1.29, 1.82) is 0 Å². The van der Waals surface area contributed by atoms with E-state index in [9.17, 15) is 9.59 Å². The number of hydrogen-bond donors (Lipinski definition) is 2. The van der Waals surface area contributed by atoms with Crippen molar-refractivity contribution in [3.63, 3.8) is 0 Å². The number of ether oxygens (including phenoxy) is 1. The van der Waals surface area contributed by atoms with Crippen LogP contribution < -0.4 is 11.1 Å². The van der Waals surface area contributed by atoms with Gasteiger partial charge < -0.3 is 15.8 Å². The van der Waals surface area contributed by atoms with Crippen molar-refractivity contribution in [3.8, 4) is 0 Å². The van der Waals surface area contributed by atoms with Gasteiger partial charge in [0.05, 0.1) is 13.2 Å². The number of carbonyl (C=O) groups excluding carboxylic acids is 2. The molecule has 0 saturated heterocycles. The normalized spacial score (nSPS) is 11.8. The van der Waals surface area contributed by atoms with Gasteiger partial charge in [-0.15, -0.1) is 0 Å². The number of nitrogens with one attached hydrogen (secondary N) is 1. The Kier molecular flexibility index (Phi) is 7.35. The van der Waals surface area contributed by atoms with Crippen LogP contribution in [0.15, 0.2) is 30.3 Å². The van der Waals surface area contributed by atoms with Crippen LogP contribution in [0.3, 0.4) is 0 Å². The Hall–Kier alpha value is -1.88. The smallest absolute Gasteiger partial charge is 0.305 e. The number of nitrogens with two attached hydrogens (primary N) is 1. The molecule has 1 amide bonds. The minimum Gasteiger partial charge on any atom is -0.469 e. The summed E-state index contributed by atoms with van der Waals surface area (Å²) in [5.41, 5.74) is 6.46. The molecule has 0 aliphatic heterocycles. The lowest BCUT2D eigenvalue weighted by Crippen LogP contribution is -2.43. The fourth-order valence-electron chi connectivity index (χ4n) is 1.90. The lowest BCUT2D eigenvalue weighted by atomic mass is 10.1. The summed E-state index contributed by atoms with van der Waals surface area (Å²) in [6.45, 7) is 0.650. The SMILES string of the molecule is COC(=O)CCCCN[C@@H](Cc1ccccc1)C(N)=O. The Bertz CT molecular complexity index is 420. The van der Waals surface area contributed by atoms with Crippen LogP contribution in [-0.4, -0.2) is 31.6 Å². The van der Waals surface area contributed by atoms with Gasteiger partial charge in [0.2, 0.25) is 5.91 Å². The molecule has 20 heavy (non-hydrogen) atoms. The lowest BCUT2D eigenvalue weighted by Gasteiger charge is -2.15. The van der Waals surface area contributed by atoms with Gasteiger partial charge in [-0.05, 0) is 31.4 Å². The Morgan fingerprint density at radius 2 is 1.95 bits per heavy atom. The van der Waals surface area contributed by atoms with Crippen molar-refractivity contribution in [2.75, 3.05) is 13.7 Å². The number of hydrogen-bond acceptors (Lipinski definition) is 4. The van der Waals surface area contributed by atoms with E-state index < -0.39 is 0 Å². The largest absolute Gasteiger partial charge is 0.469 e. The van der Waals surface area contributed by atoms with E-state index in [0.717, 1.165) is 18.4 Å². The van der Waals surface area contributed by atoms with Gasteiger partial charge in [-0.1, -0.05) is 30.3 Å². The summed E-state index contributed by atoms with van der Waals surface area (Å²) in [6.07, 6.45) is 2.51. The summed E-state index contributed by atoms with van der Waals surface area (Å²) in [6, 6.07) is 9.36. The van der Waals surface area contributed by atoms with Gasteiger partial charge in [0.25, 0.3) is 0 Å². The Morgan fingerprint density at radius 1 is 1.25 bits per heavy atom. The monoisotopic (exact) mass is 278 g/mol. The quantitative estimate of drug-likeness (QED) is 0.522. The molecular formula is C15H22N2O3. The fraction of sp³-hybridized carbons (Fsp3) is 0.467. The van der Waals surface area contributed by atoms with Crippen LogP contribution >= 0.6 is 0 Å².